The van der Waals surface area contributed by atoms with E-state index in [-0.39, 0.29) is 36.6 Å². The van der Waals surface area contributed by atoms with Crippen molar-refractivity contribution in [2.45, 2.75) is 31.2 Å². The van der Waals surface area contributed by atoms with Crippen LogP contribution in [0.3, 0.4) is 0 Å². The number of epoxide rings is 1. The van der Waals surface area contributed by atoms with Crippen molar-refractivity contribution in [3.8, 4) is 0 Å². The second kappa shape index (κ2) is 2.71. The van der Waals surface area contributed by atoms with Crippen LogP contribution in [0.25, 0.3) is 0 Å². The monoisotopic (exact) mass is 172 g/mol. The Morgan fingerprint density at radius 1 is 1.75 bits per heavy atom. The highest BCUT2D eigenvalue weighted by molar-refractivity contribution is 5.69. The van der Waals surface area contributed by atoms with Crippen LogP contribution in [-0.2, 0) is 14.3 Å². The van der Waals surface area contributed by atoms with Crippen molar-refractivity contribution in [3.63, 3.8) is 0 Å². The lowest BCUT2D eigenvalue weighted by Crippen LogP contribution is -2.23. The van der Waals surface area contributed by atoms with Gasteiger partial charge in [0.05, 0.1) is 31.8 Å². The first-order valence-corrected chi connectivity index (χ1v) is 4.12. The molecule has 0 unspecified atom stereocenters. The van der Waals surface area contributed by atoms with Gasteiger partial charge >= 0.3 is 5.97 Å². The third kappa shape index (κ3) is 1.21. The Balaban J connectivity index is 1.90. The largest absolute Gasteiger partial charge is 0.469 e. The third-order valence-corrected chi connectivity index (χ3v) is 2.64. The number of hydrogen-bond acceptors (Lipinski definition) is 4. The molecule has 0 aromatic carbocycles. The number of aliphatic hydroxyl groups excluding tert-OH is 1. The molecule has 0 spiro atoms. The van der Waals surface area contributed by atoms with Gasteiger partial charge in [0.25, 0.3) is 0 Å². The molecule has 0 amide bonds. The van der Waals surface area contributed by atoms with Gasteiger partial charge in [-0.3, -0.25) is 4.79 Å². The molecule has 4 heteroatoms. The van der Waals surface area contributed by atoms with E-state index < -0.39 is 0 Å². The van der Waals surface area contributed by atoms with E-state index in [9.17, 15) is 9.90 Å². The fourth-order valence-electron chi connectivity index (χ4n) is 1.88. The zero-order valence-electron chi connectivity index (χ0n) is 6.90. The Morgan fingerprint density at radius 2 is 2.50 bits per heavy atom. The zero-order chi connectivity index (χ0) is 8.72. The molecule has 1 saturated heterocycles. The molecule has 4 atom stereocenters. The minimum absolute atomic E-state index is 0.0394. The van der Waals surface area contributed by atoms with Crippen molar-refractivity contribution in [2.24, 2.45) is 5.92 Å². The summed E-state index contributed by atoms with van der Waals surface area (Å²) < 4.78 is 9.74. The predicted molar refractivity (Wildman–Crippen MR) is 39.4 cm³/mol. The maximum Gasteiger partial charge on any atom is 0.305 e. The number of ether oxygens (including phenoxy) is 2. The molecule has 1 saturated carbocycles. The lowest BCUT2D eigenvalue weighted by atomic mass is 10.0. The summed E-state index contributed by atoms with van der Waals surface area (Å²) in [7, 11) is 1.36. The van der Waals surface area contributed by atoms with Crippen molar-refractivity contribution >= 4 is 5.97 Å². The van der Waals surface area contributed by atoms with Gasteiger partial charge in [0.2, 0.25) is 0 Å². The smallest absolute Gasteiger partial charge is 0.305 e. The molecule has 68 valence electrons. The van der Waals surface area contributed by atoms with Crippen molar-refractivity contribution in [1.29, 1.82) is 0 Å². The standard InChI is InChI=1S/C8H12O4/c1-11-7(10)2-4-5(9)3-6-8(4)12-6/h4-6,8-9H,2-3H2,1H3/t4-,5+,6+,8-/m0/s1. The Labute approximate surface area is 70.5 Å². The number of methoxy groups -OCH3 is 1. The van der Waals surface area contributed by atoms with E-state index in [1.165, 1.54) is 7.11 Å². The van der Waals surface area contributed by atoms with Crippen LogP contribution in [0.15, 0.2) is 0 Å². The summed E-state index contributed by atoms with van der Waals surface area (Å²) >= 11 is 0. The molecule has 12 heavy (non-hydrogen) atoms. The summed E-state index contributed by atoms with van der Waals surface area (Å²) in [4.78, 5) is 10.9. The molecular weight excluding hydrogens is 160 g/mol. The van der Waals surface area contributed by atoms with Crippen LogP contribution in [-0.4, -0.2) is 36.5 Å². The van der Waals surface area contributed by atoms with E-state index in [2.05, 4.69) is 4.74 Å². The second-order valence-electron chi connectivity index (χ2n) is 3.39. The minimum atomic E-state index is -0.382. The van der Waals surface area contributed by atoms with E-state index >= 15 is 0 Å². The van der Waals surface area contributed by atoms with Gasteiger partial charge in [-0.15, -0.1) is 0 Å². The molecule has 0 bridgehead atoms. The van der Waals surface area contributed by atoms with E-state index in [1.54, 1.807) is 0 Å². The van der Waals surface area contributed by atoms with Crippen LogP contribution in [0.1, 0.15) is 12.8 Å². The fraction of sp³-hybridized carbons (Fsp3) is 0.875. The Bertz CT molecular complexity index is 201. The average Bonchev–Trinajstić information content (AvgIpc) is 2.73. The number of carbonyl (C=O) groups is 1. The molecule has 0 aromatic heterocycles. The molecule has 1 N–H and O–H groups in total. The second-order valence-corrected chi connectivity index (χ2v) is 3.39. The Kier molecular flexibility index (Phi) is 1.81. The summed E-state index contributed by atoms with van der Waals surface area (Å²) in [5, 5.41) is 9.45. The van der Waals surface area contributed by atoms with Crippen molar-refractivity contribution in [2.75, 3.05) is 7.11 Å². The van der Waals surface area contributed by atoms with Gasteiger partial charge in [0, 0.05) is 12.3 Å². The van der Waals surface area contributed by atoms with Gasteiger partial charge in [0.15, 0.2) is 0 Å². The number of carbonyl (C=O) groups excluding carboxylic acids is 1. The number of hydrogen-bond donors (Lipinski definition) is 1. The lowest BCUT2D eigenvalue weighted by molar-refractivity contribution is -0.143. The van der Waals surface area contributed by atoms with Crippen LogP contribution in [0.5, 0.6) is 0 Å². The van der Waals surface area contributed by atoms with Crippen LogP contribution < -0.4 is 0 Å². The van der Waals surface area contributed by atoms with Gasteiger partial charge in [-0.25, -0.2) is 0 Å². The molecule has 2 aliphatic rings. The number of fused-ring (bicyclic) bond motifs is 1. The molecular formula is C8H12O4. The molecule has 1 heterocycles. The lowest BCUT2D eigenvalue weighted by Gasteiger charge is -2.14. The summed E-state index contributed by atoms with van der Waals surface area (Å²) in [6.45, 7) is 0. The predicted octanol–water partition coefficient (Wildman–Crippen LogP) is -0.302. The van der Waals surface area contributed by atoms with E-state index in [0.29, 0.717) is 6.42 Å². The highest BCUT2D eigenvalue weighted by atomic mass is 16.6. The van der Waals surface area contributed by atoms with Crippen LogP contribution in [0, 0.1) is 5.92 Å². The van der Waals surface area contributed by atoms with E-state index in [0.717, 1.165) is 0 Å². The fourth-order valence-corrected chi connectivity index (χ4v) is 1.88. The molecule has 1 aliphatic heterocycles. The van der Waals surface area contributed by atoms with Gasteiger partial charge in [-0.05, 0) is 0 Å². The highest BCUT2D eigenvalue weighted by Gasteiger charge is 2.55. The molecule has 2 rings (SSSR count). The molecule has 4 nitrogen and oxygen atoms in total. The van der Waals surface area contributed by atoms with Crippen molar-refractivity contribution < 1.29 is 19.4 Å². The molecule has 2 fully saturated rings. The molecule has 1 aliphatic carbocycles. The Hall–Kier alpha value is -0.610. The zero-order valence-corrected chi connectivity index (χ0v) is 6.90. The van der Waals surface area contributed by atoms with Gasteiger partial charge in [0.1, 0.15) is 0 Å². The summed E-state index contributed by atoms with van der Waals surface area (Å²) in [6.07, 6.45) is 0.882. The highest BCUT2D eigenvalue weighted by Crippen LogP contribution is 2.44. The van der Waals surface area contributed by atoms with E-state index in [1.807, 2.05) is 0 Å². The van der Waals surface area contributed by atoms with Gasteiger partial charge < -0.3 is 14.6 Å². The number of rotatable bonds is 2. The number of aliphatic hydroxyl groups is 1. The first-order chi connectivity index (χ1) is 5.72. The first kappa shape index (κ1) is 8.01. The van der Waals surface area contributed by atoms with Gasteiger partial charge in [-0.1, -0.05) is 0 Å². The molecule has 0 radical (unpaired) electrons. The summed E-state index contributed by atoms with van der Waals surface area (Å²) in [5.74, 6) is -0.308. The minimum Gasteiger partial charge on any atom is -0.469 e. The summed E-state index contributed by atoms with van der Waals surface area (Å²) in [5.41, 5.74) is 0. The van der Waals surface area contributed by atoms with E-state index in [4.69, 9.17) is 4.74 Å². The van der Waals surface area contributed by atoms with Gasteiger partial charge in [-0.2, -0.15) is 0 Å². The quantitative estimate of drug-likeness (QED) is 0.459. The summed E-state index contributed by atoms with van der Waals surface area (Å²) in [6, 6.07) is 0. The maximum absolute atomic E-state index is 10.9. The SMILES string of the molecule is COC(=O)C[C@@H]1[C@@H]2O[C@@H]2C[C@H]1O. The maximum atomic E-state index is 10.9. The first-order valence-electron chi connectivity index (χ1n) is 4.12. The number of esters is 1. The van der Waals surface area contributed by atoms with Crippen molar-refractivity contribution in [1.82, 2.24) is 0 Å². The third-order valence-electron chi connectivity index (χ3n) is 2.64. The normalized spacial score (nSPS) is 43.8. The molecule has 0 aromatic rings. The van der Waals surface area contributed by atoms with Crippen LogP contribution in [0.4, 0.5) is 0 Å². The van der Waals surface area contributed by atoms with Crippen molar-refractivity contribution in [3.05, 3.63) is 0 Å². The topological polar surface area (TPSA) is 59.1 Å². The van der Waals surface area contributed by atoms with Crippen LogP contribution >= 0.6 is 0 Å². The average molecular weight is 172 g/mol. The Morgan fingerprint density at radius 3 is 3.00 bits per heavy atom. The van der Waals surface area contributed by atoms with Crippen LogP contribution in [0.2, 0.25) is 0 Å².